The van der Waals surface area contributed by atoms with E-state index >= 15 is 0 Å². The summed E-state index contributed by atoms with van der Waals surface area (Å²) in [6, 6.07) is 0. The molecule has 6 heteroatoms. The number of allylic oxidation sites excluding steroid dienone is 12. The molecule has 0 heterocycles. The normalized spacial score (nSPS) is 12.5. The van der Waals surface area contributed by atoms with Gasteiger partial charge in [-0.15, -0.1) is 0 Å². The predicted octanol–water partition coefficient (Wildman–Crippen LogP) is 22.9. The minimum Gasteiger partial charge on any atom is -0.462 e. The van der Waals surface area contributed by atoms with Crippen molar-refractivity contribution in [3.8, 4) is 0 Å². The van der Waals surface area contributed by atoms with Gasteiger partial charge in [0.2, 0.25) is 0 Å². The van der Waals surface area contributed by atoms with E-state index in [4.69, 9.17) is 14.2 Å². The molecule has 0 saturated heterocycles. The van der Waals surface area contributed by atoms with Crippen molar-refractivity contribution in [3.05, 3.63) is 72.9 Å². The van der Waals surface area contributed by atoms with Crippen molar-refractivity contribution in [1.29, 1.82) is 0 Å². The lowest BCUT2D eigenvalue weighted by atomic mass is 10.0. The van der Waals surface area contributed by atoms with Crippen LogP contribution in [0.15, 0.2) is 72.9 Å². The molecule has 0 aliphatic carbocycles. The molecule has 0 aromatic carbocycles. The Morgan fingerprint density at radius 3 is 0.792 bits per heavy atom. The standard InChI is InChI=1S/C71H126O6/c1-4-7-10-13-16-19-22-25-27-28-29-30-31-32-33-34-35-36-37-38-39-40-41-42-44-46-49-52-55-58-61-64-70(73)76-67-68(66-75-69(72)63-60-57-54-51-48-45-24-21-18-15-12-9-6-3)77-71(74)65-62-59-56-53-50-47-43-26-23-20-17-14-11-8-5-2/h8,11,17,20,22,25-26,28-29,31-32,43,68H,4-7,9-10,12-16,18-19,21,23-24,27,30,33-42,44-67H2,1-3H3/b11-8-,20-17-,25-22-,29-28-,32-31-,43-26-. The van der Waals surface area contributed by atoms with Crippen molar-refractivity contribution in [1.82, 2.24) is 0 Å². The number of unbranched alkanes of at least 4 members (excludes halogenated alkanes) is 38. The zero-order valence-corrected chi connectivity index (χ0v) is 51.2. The van der Waals surface area contributed by atoms with Crippen LogP contribution in [0.25, 0.3) is 0 Å². The second kappa shape index (κ2) is 65.4. The highest BCUT2D eigenvalue weighted by atomic mass is 16.6. The van der Waals surface area contributed by atoms with E-state index in [2.05, 4.69) is 93.7 Å². The van der Waals surface area contributed by atoms with Gasteiger partial charge in [-0.1, -0.05) is 306 Å². The number of esters is 3. The molecule has 6 nitrogen and oxygen atoms in total. The Labute approximate surface area is 478 Å². The Bertz CT molecular complexity index is 1420. The van der Waals surface area contributed by atoms with Crippen molar-refractivity contribution < 1.29 is 28.6 Å². The van der Waals surface area contributed by atoms with Crippen molar-refractivity contribution in [2.75, 3.05) is 13.2 Å². The number of ether oxygens (including phenoxy) is 3. The molecular formula is C71H126O6. The van der Waals surface area contributed by atoms with Crippen LogP contribution in [-0.2, 0) is 28.6 Å². The van der Waals surface area contributed by atoms with Crippen LogP contribution in [0.1, 0.15) is 342 Å². The molecule has 0 saturated carbocycles. The smallest absolute Gasteiger partial charge is 0.306 e. The molecule has 446 valence electrons. The lowest BCUT2D eigenvalue weighted by Crippen LogP contribution is -2.30. The fourth-order valence-electron chi connectivity index (χ4n) is 9.70. The molecule has 0 aliphatic rings. The van der Waals surface area contributed by atoms with Crippen molar-refractivity contribution >= 4 is 17.9 Å². The summed E-state index contributed by atoms with van der Waals surface area (Å²) < 4.78 is 16.9. The second-order valence-electron chi connectivity index (χ2n) is 22.4. The van der Waals surface area contributed by atoms with Gasteiger partial charge in [-0.05, 0) is 89.9 Å². The van der Waals surface area contributed by atoms with Crippen LogP contribution >= 0.6 is 0 Å². The van der Waals surface area contributed by atoms with Crippen molar-refractivity contribution in [2.45, 2.75) is 348 Å². The van der Waals surface area contributed by atoms with Gasteiger partial charge < -0.3 is 14.2 Å². The Morgan fingerprint density at radius 1 is 0.273 bits per heavy atom. The SMILES string of the molecule is CC/C=C\C/C=C\C/C=C\CCCCCCCC(=O)OC(COC(=O)CCCCCCCCCCCCCCC)COC(=O)CCCCCCCCCCCCCCCCCC/C=C\C/C=C\C/C=C\CCCCCCC. The fourth-order valence-corrected chi connectivity index (χ4v) is 9.70. The third-order valence-electron chi connectivity index (χ3n) is 14.7. The first-order chi connectivity index (χ1) is 38.0. The van der Waals surface area contributed by atoms with Gasteiger partial charge in [-0.2, -0.15) is 0 Å². The Hall–Kier alpha value is -3.15. The molecule has 0 bridgehead atoms. The van der Waals surface area contributed by atoms with E-state index in [1.165, 1.54) is 193 Å². The summed E-state index contributed by atoms with van der Waals surface area (Å²) in [5.41, 5.74) is 0. The molecule has 0 amide bonds. The van der Waals surface area contributed by atoms with E-state index in [0.717, 1.165) is 109 Å². The monoisotopic (exact) mass is 1070 g/mol. The van der Waals surface area contributed by atoms with Gasteiger partial charge in [-0.25, -0.2) is 0 Å². The number of hydrogen-bond donors (Lipinski definition) is 0. The molecule has 0 rings (SSSR count). The van der Waals surface area contributed by atoms with E-state index in [1.807, 2.05) is 0 Å². The molecule has 0 N–H and O–H groups in total. The molecule has 0 radical (unpaired) electrons. The van der Waals surface area contributed by atoms with Gasteiger partial charge in [-0.3, -0.25) is 14.4 Å². The van der Waals surface area contributed by atoms with Gasteiger partial charge in [0.1, 0.15) is 13.2 Å². The van der Waals surface area contributed by atoms with Gasteiger partial charge in [0.05, 0.1) is 0 Å². The Kier molecular flexibility index (Phi) is 62.7. The highest BCUT2D eigenvalue weighted by Gasteiger charge is 2.19. The van der Waals surface area contributed by atoms with E-state index in [0.29, 0.717) is 19.3 Å². The van der Waals surface area contributed by atoms with Crippen molar-refractivity contribution in [3.63, 3.8) is 0 Å². The van der Waals surface area contributed by atoms with Gasteiger partial charge in [0, 0.05) is 19.3 Å². The van der Waals surface area contributed by atoms with E-state index < -0.39 is 6.10 Å². The first-order valence-corrected chi connectivity index (χ1v) is 33.4. The van der Waals surface area contributed by atoms with Crippen LogP contribution in [-0.4, -0.2) is 37.2 Å². The van der Waals surface area contributed by atoms with Gasteiger partial charge in [0.25, 0.3) is 0 Å². The molecule has 1 atom stereocenters. The highest BCUT2D eigenvalue weighted by Crippen LogP contribution is 2.17. The van der Waals surface area contributed by atoms with Gasteiger partial charge in [0.15, 0.2) is 6.10 Å². The van der Waals surface area contributed by atoms with Crippen LogP contribution < -0.4 is 0 Å². The number of carbonyl (C=O) groups is 3. The van der Waals surface area contributed by atoms with Crippen molar-refractivity contribution in [2.24, 2.45) is 0 Å². The molecular weight excluding hydrogens is 949 g/mol. The highest BCUT2D eigenvalue weighted by molar-refractivity contribution is 5.71. The molecule has 77 heavy (non-hydrogen) atoms. The third kappa shape index (κ3) is 63.6. The topological polar surface area (TPSA) is 78.9 Å². The Morgan fingerprint density at radius 2 is 0.506 bits per heavy atom. The average molecular weight is 1080 g/mol. The predicted molar refractivity (Wildman–Crippen MR) is 335 cm³/mol. The molecule has 1 unspecified atom stereocenters. The largest absolute Gasteiger partial charge is 0.462 e. The number of rotatable bonds is 61. The molecule has 0 aliphatic heterocycles. The van der Waals surface area contributed by atoms with Crippen LogP contribution in [0.2, 0.25) is 0 Å². The number of carbonyl (C=O) groups excluding carboxylic acids is 3. The summed E-state index contributed by atoms with van der Waals surface area (Å²) in [7, 11) is 0. The molecule has 0 spiro atoms. The van der Waals surface area contributed by atoms with Crippen LogP contribution in [0.3, 0.4) is 0 Å². The minimum atomic E-state index is -0.782. The van der Waals surface area contributed by atoms with Crippen LogP contribution in [0.4, 0.5) is 0 Å². The summed E-state index contributed by atoms with van der Waals surface area (Å²) in [6.45, 7) is 6.54. The number of hydrogen-bond acceptors (Lipinski definition) is 6. The molecule has 0 aromatic rings. The maximum atomic E-state index is 12.9. The first kappa shape index (κ1) is 73.8. The summed E-state index contributed by atoms with van der Waals surface area (Å²) in [6.07, 6.45) is 85.0. The lowest BCUT2D eigenvalue weighted by molar-refractivity contribution is -0.167. The minimum absolute atomic E-state index is 0.0783. The van der Waals surface area contributed by atoms with Gasteiger partial charge >= 0.3 is 17.9 Å². The summed E-state index contributed by atoms with van der Waals surface area (Å²) >= 11 is 0. The first-order valence-electron chi connectivity index (χ1n) is 33.4. The molecule has 0 aromatic heterocycles. The molecule has 0 fully saturated rings. The van der Waals surface area contributed by atoms with Crippen LogP contribution in [0, 0.1) is 0 Å². The Balaban J connectivity index is 4.17. The zero-order chi connectivity index (χ0) is 55.7. The average Bonchev–Trinajstić information content (AvgIpc) is 3.43. The third-order valence-corrected chi connectivity index (χ3v) is 14.7. The second-order valence-corrected chi connectivity index (χ2v) is 22.4. The maximum Gasteiger partial charge on any atom is 0.306 e. The van der Waals surface area contributed by atoms with E-state index in [-0.39, 0.29) is 31.1 Å². The fraction of sp³-hybridized carbons (Fsp3) is 0.789. The summed E-state index contributed by atoms with van der Waals surface area (Å²) in [5, 5.41) is 0. The van der Waals surface area contributed by atoms with E-state index in [9.17, 15) is 14.4 Å². The van der Waals surface area contributed by atoms with E-state index in [1.54, 1.807) is 0 Å². The lowest BCUT2D eigenvalue weighted by Gasteiger charge is -2.18. The quantitative estimate of drug-likeness (QED) is 0.0261. The zero-order valence-electron chi connectivity index (χ0n) is 51.2. The van der Waals surface area contributed by atoms with Crippen LogP contribution in [0.5, 0.6) is 0 Å². The summed E-state index contributed by atoms with van der Waals surface area (Å²) in [4.78, 5) is 38.3. The summed E-state index contributed by atoms with van der Waals surface area (Å²) in [5.74, 6) is -0.879. The maximum absolute atomic E-state index is 12.9.